The first-order chi connectivity index (χ1) is 9.76. The van der Waals surface area contributed by atoms with Crippen LogP contribution in [0.15, 0.2) is 22.5 Å². The van der Waals surface area contributed by atoms with E-state index in [1.54, 1.807) is 12.3 Å². The van der Waals surface area contributed by atoms with Crippen LogP contribution in [0, 0.1) is 6.92 Å². The number of sulfonamides is 1. The first-order valence-electron chi connectivity index (χ1n) is 6.44. The van der Waals surface area contributed by atoms with Crippen molar-refractivity contribution in [2.45, 2.75) is 37.8 Å². The van der Waals surface area contributed by atoms with Crippen LogP contribution in [-0.4, -0.2) is 20.4 Å². The monoisotopic (exact) mass is 345 g/mol. The molecule has 0 saturated heterocycles. The van der Waals surface area contributed by atoms with Gasteiger partial charge >= 0.3 is 0 Å². The van der Waals surface area contributed by atoms with E-state index in [2.05, 4.69) is 15.0 Å². The van der Waals surface area contributed by atoms with Gasteiger partial charge in [0.25, 0.3) is 0 Å². The van der Waals surface area contributed by atoms with Crippen molar-refractivity contribution < 1.29 is 8.42 Å². The van der Waals surface area contributed by atoms with Gasteiger partial charge in [0.2, 0.25) is 10.0 Å². The van der Waals surface area contributed by atoms with E-state index in [0.29, 0.717) is 11.4 Å². The van der Waals surface area contributed by atoms with Gasteiger partial charge in [0.15, 0.2) is 0 Å². The van der Waals surface area contributed by atoms with Crippen LogP contribution in [0.4, 0.5) is 0 Å². The lowest BCUT2D eigenvalue weighted by Gasteiger charge is -2.23. The summed E-state index contributed by atoms with van der Waals surface area (Å²) in [5, 5.41) is 5.62. The zero-order valence-electron chi connectivity index (χ0n) is 12.4. The van der Waals surface area contributed by atoms with Crippen molar-refractivity contribution in [3.8, 4) is 0 Å². The van der Waals surface area contributed by atoms with Crippen molar-refractivity contribution in [3.05, 3.63) is 32.4 Å². The molecule has 0 radical (unpaired) electrons. The number of aryl methyl sites for hydroxylation is 1. The maximum Gasteiger partial charge on any atom is 0.242 e. The molecular formula is C13H19N3O2S3. The maximum absolute atomic E-state index is 12.6. The number of rotatable bonds is 6. The molecule has 2 aromatic rings. The van der Waals surface area contributed by atoms with E-state index in [4.69, 9.17) is 0 Å². The fourth-order valence-electron chi connectivity index (χ4n) is 2.02. The third-order valence-electron chi connectivity index (χ3n) is 2.92. The second-order valence-electron chi connectivity index (χ2n) is 5.23. The number of aromatic nitrogens is 1. The standard InChI is InChI=1S/C13H19N3O2S3/c1-9-11(7-10(20-9)8-14-4)21(17,18)16-13(2,3)12-15-5-6-19-12/h5-7,14,16H,8H2,1-4H3. The number of nitrogens with one attached hydrogen (secondary N) is 2. The second-order valence-corrected chi connectivity index (χ2v) is 9.12. The molecule has 0 fully saturated rings. The van der Waals surface area contributed by atoms with E-state index in [1.165, 1.54) is 22.7 Å². The summed E-state index contributed by atoms with van der Waals surface area (Å²) in [5.41, 5.74) is -0.732. The summed E-state index contributed by atoms with van der Waals surface area (Å²) in [4.78, 5) is 6.35. The summed E-state index contributed by atoms with van der Waals surface area (Å²) >= 11 is 2.93. The molecule has 2 rings (SSSR count). The van der Waals surface area contributed by atoms with Crippen molar-refractivity contribution >= 4 is 32.7 Å². The largest absolute Gasteiger partial charge is 0.315 e. The lowest BCUT2D eigenvalue weighted by atomic mass is 10.1. The third kappa shape index (κ3) is 3.70. The molecule has 0 atom stereocenters. The molecule has 0 aromatic carbocycles. The average Bonchev–Trinajstić information content (AvgIpc) is 2.98. The summed E-state index contributed by atoms with van der Waals surface area (Å²) in [6.07, 6.45) is 1.68. The zero-order chi connectivity index (χ0) is 15.7. The van der Waals surface area contributed by atoms with Crippen molar-refractivity contribution in [2.24, 2.45) is 0 Å². The van der Waals surface area contributed by atoms with Crippen LogP contribution < -0.4 is 10.0 Å². The molecule has 0 unspecified atom stereocenters. The third-order valence-corrected chi connectivity index (χ3v) is 6.98. The number of nitrogens with zero attached hydrogens (tertiary/aromatic N) is 1. The highest BCUT2D eigenvalue weighted by Crippen LogP contribution is 2.29. The molecular weight excluding hydrogens is 326 g/mol. The van der Waals surface area contributed by atoms with Crippen LogP contribution in [0.1, 0.15) is 28.6 Å². The van der Waals surface area contributed by atoms with Crippen molar-refractivity contribution in [1.82, 2.24) is 15.0 Å². The Labute approximate surface area is 133 Å². The molecule has 116 valence electrons. The Bertz CT molecular complexity index is 703. The van der Waals surface area contributed by atoms with Gasteiger partial charge in [-0.25, -0.2) is 13.4 Å². The number of thiazole rings is 1. The van der Waals surface area contributed by atoms with E-state index in [0.717, 1.165) is 14.8 Å². The summed E-state index contributed by atoms with van der Waals surface area (Å²) in [7, 11) is -1.73. The minimum absolute atomic E-state index is 0.349. The molecule has 2 aromatic heterocycles. The SMILES string of the molecule is CNCc1cc(S(=O)(=O)NC(C)(C)c2nccs2)c(C)s1. The van der Waals surface area contributed by atoms with E-state index >= 15 is 0 Å². The molecule has 5 nitrogen and oxygen atoms in total. The Hall–Kier alpha value is -0.800. The molecule has 0 saturated carbocycles. The predicted octanol–water partition coefficient (Wildman–Crippen LogP) is 2.45. The van der Waals surface area contributed by atoms with Gasteiger partial charge in [-0.15, -0.1) is 22.7 Å². The predicted molar refractivity (Wildman–Crippen MR) is 87.3 cm³/mol. The molecule has 2 N–H and O–H groups in total. The Balaban J connectivity index is 2.30. The van der Waals surface area contributed by atoms with Gasteiger partial charge in [-0.2, -0.15) is 4.72 Å². The molecule has 8 heteroatoms. The first-order valence-corrected chi connectivity index (χ1v) is 9.62. The van der Waals surface area contributed by atoms with Gasteiger partial charge in [0.05, 0.1) is 10.4 Å². The number of hydrogen-bond acceptors (Lipinski definition) is 6. The van der Waals surface area contributed by atoms with Crippen molar-refractivity contribution in [3.63, 3.8) is 0 Å². The van der Waals surface area contributed by atoms with Crippen LogP contribution in [0.3, 0.4) is 0 Å². The van der Waals surface area contributed by atoms with Crippen LogP contribution >= 0.6 is 22.7 Å². The highest BCUT2D eigenvalue weighted by atomic mass is 32.2. The van der Waals surface area contributed by atoms with Gasteiger partial charge in [-0.05, 0) is 33.9 Å². The van der Waals surface area contributed by atoms with E-state index in [9.17, 15) is 8.42 Å². The molecule has 0 spiro atoms. The summed E-state index contributed by atoms with van der Waals surface area (Å²) in [6, 6.07) is 1.73. The molecule has 0 aliphatic rings. The highest BCUT2D eigenvalue weighted by molar-refractivity contribution is 7.89. The molecule has 2 heterocycles. The van der Waals surface area contributed by atoms with Gasteiger partial charge in [0.1, 0.15) is 5.01 Å². The van der Waals surface area contributed by atoms with E-state index in [-0.39, 0.29) is 0 Å². The smallest absolute Gasteiger partial charge is 0.242 e. The van der Waals surface area contributed by atoms with Crippen LogP contribution in [0.25, 0.3) is 0 Å². The number of thiophene rings is 1. The minimum Gasteiger partial charge on any atom is -0.315 e. The fourth-order valence-corrected chi connectivity index (χ4v) is 5.83. The van der Waals surface area contributed by atoms with Crippen molar-refractivity contribution in [1.29, 1.82) is 0 Å². The van der Waals surface area contributed by atoms with E-state index < -0.39 is 15.6 Å². The van der Waals surface area contributed by atoms with Gasteiger partial charge in [-0.3, -0.25) is 0 Å². The Morgan fingerprint density at radius 2 is 2.10 bits per heavy atom. The lowest BCUT2D eigenvalue weighted by molar-refractivity contribution is 0.470. The van der Waals surface area contributed by atoms with Crippen molar-refractivity contribution in [2.75, 3.05) is 7.05 Å². The highest BCUT2D eigenvalue weighted by Gasteiger charge is 2.31. The summed E-state index contributed by atoms with van der Waals surface area (Å²) in [5.74, 6) is 0. The first kappa shape index (κ1) is 16.6. The fraction of sp³-hybridized carbons (Fsp3) is 0.462. The minimum atomic E-state index is -3.57. The van der Waals surface area contributed by atoms with Crippen LogP contribution in [0.5, 0.6) is 0 Å². The molecule has 21 heavy (non-hydrogen) atoms. The Morgan fingerprint density at radius 1 is 1.38 bits per heavy atom. The van der Waals surface area contributed by atoms with Gasteiger partial charge < -0.3 is 5.32 Å². The molecule has 0 aliphatic heterocycles. The Kier molecular flexibility index (Phi) is 4.84. The average molecular weight is 346 g/mol. The molecule has 0 amide bonds. The van der Waals surface area contributed by atoms with Gasteiger partial charge in [0, 0.05) is 27.9 Å². The summed E-state index contributed by atoms with van der Waals surface area (Å²) in [6.45, 7) is 6.13. The van der Waals surface area contributed by atoms with Crippen LogP contribution in [0.2, 0.25) is 0 Å². The normalized spacial score (nSPS) is 12.8. The van der Waals surface area contributed by atoms with E-state index in [1.807, 2.05) is 33.2 Å². The Morgan fingerprint density at radius 3 is 2.67 bits per heavy atom. The number of hydrogen-bond donors (Lipinski definition) is 2. The maximum atomic E-state index is 12.6. The molecule has 0 bridgehead atoms. The lowest BCUT2D eigenvalue weighted by Crippen LogP contribution is -2.40. The summed E-state index contributed by atoms with van der Waals surface area (Å²) < 4.78 is 28.0. The van der Waals surface area contributed by atoms with Crippen LogP contribution in [-0.2, 0) is 22.1 Å². The molecule has 0 aliphatic carbocycles. The van der Waals surface area contributed by atoms with Gasteiger partial charge in [-0.1, -0.05) is 0 Å². The zero-order valence-corrected chi connectivity index (χ0v) is 14.9. The topological polar surface area (TPSA) is 71.1 Å². The quantitative estimate of drug-likeness (QED) is 0.843. The second kappa shape index (κ2) is 6.13.